The van der Waals surface area contributed by atoms with E-state index in [0.29, 0.717) is 5.56 Å². The number of carboxylic acid groups (broad SMARTS) is 1. The van der Waals surface area contributed by atoms with Gasteiger partial charge >= 0.3 is 5.97 Å². The van der Waals surface area contributed by atoms with Crippen LogP contribution in [0.15, 0.2) is 18.2 Å². The highest BCUT2D eigenvalue weighted by atomic mass is 16.4. The van der Waals surface area contributed by atoms with E-state index in [1.807, 2.05) is 13.0 Å². The molecule has 1 aromatic carbocycles. The number of aromatic carboxylic acids is 1. The molecule has 3 heteroatoms. The first-order chi connectivity index (χ1) is 6.56. The Balaban J connectivity index is 3.06. The molecule has 0 aliphatic carbocycles. The first-order valence-electron chi connectivity index (χ1n) is 4.65. The normalized spacial score (nSPS) is 12.5. The number of carbonyl (C=O) groups is 1. The van der Waals surface area contributed by atoms with Gasteiger partial charge in [-0.2, -0.15) is 0 Å². The molecule has 0 radical (unpaired) electrons. The van der Waals surface area contributed by atoms with Crippen molar-refractivity contribution in [2.24, 2.45) is 5.73 Å². The van der Waals surface area contributed by atoms with Gasteiger partial charge < -0.3 is 10.8 Å². The van der Waals surface area contributed by atoms with Crippen molar-refractivity contribution >= 4 is 5.97 Å². The predicted octanol–water partition coefficient (Wildman–Crippen LogP) is 2.10. The molecule has 3 nitrogen and oxygen atoms in total. The van der Waals surface area contributed by atoms with E-state index in [0.717, 1.165) is 17.5 Å². The molecule has 0 saturated heterocycles. The zero-order valence-corrected chi connectivity index (χ0v) is 8.45. The Morgan fingerprint density at radius 3 is 2.64 bits per heavy atom. The fourth-order valence-electron chi connectivity index (χ4n) is 1.39. The van der Waals surface area contributed by atoms with E-state index < -0.39 is 5.97 Å². The lowest BCUT2D eigenvalue weighted by atomic mass is 9.99. The molecule has 3 N–H and O–H groups in total. The van der Waals surface area contributed by atoms with Crippen molar-refractivity contribution in [2.75, 3.05) is 0 Å². The largest absolute Gasteiger partial charge is 0.478 e. The number of hydrogen-bond donors (Lipinski definition) is 2. The van der Waals surface area contributed by atoms with Crippen LogP contribution in [0, 0.1) is 6.92 Å². The average molecular weight is 193 g/mol. The van der Waals surface area contributed by atoms with Crippen LogP contribution in [0.25, 0.3) is 0 Å². The first kappa shape index (κ1) is 10.7. The predicted molar refractivity (Wildman–Crippen MR) is 55.4 cm³/mol. The molecule has 0 aliphatic heterocycles. The van der Waals surface area contributed by atoms with Crippen LogP contribution in [0.4, 0.5) is 0 Å². The maximum absolute atomic E-state index is 10.7. The second kappa shape index (κ2) is 4.24. The van der Waals surface area contributed by atoms with E-state index in [9.17, 15) is 4.79 Å². The summed E-state index contributed by atoms with van der Waals surface area (Å²) in [6.45, 7) is 3.79. The van der Waals surface area contributed by atoms with E-state index >= 15 is 0 Å². The molecule has 0 fully saturated rings. The molecular formula is C11H15NO2. The summed E-state index contributed by atoms with van der Waals surface area (Å²) < 4.78 is 0. The van der Waals surface area contributed by atoms with Gasteiger partial charge in [0.05, 0.1) is 5.56 Å². The topological polar surface area (TPSA) is 63.3 Å². The summed E-state index contributed by atoms with van der Waals surface area (Å²) in [5, 5.41) is 8.82. The van der Waals surface area contributed by atoms with E-state index in [4.69, 9.17) is 10.8 Å². The summed E-state index contributed by atoms with van der Waals surface area (Å²) in [5.41, 5.74) is 7.94. The fraction of sp³-hybridized carbons (Fsp3) is 0.364. The van der Waals surface area contributed by atoms with Crippen LogP contribution in [-0.2, 0) is 0 Å². The summed E-state index contributed by atoms with van der Waals surface area (Å²) in [7, 11) is 0. The van der Waals surface area contributed by atoms with Gasteiger partial charge in [0.25, 0.3) is 0 Å². The van der Waals surface area contributed by atoms with Crippen molar-refractivity contribution in [3.05, 3.63) is 34.9 Å². The summed E-state index contributed by atoms with van der Waals surface area (Å²) in [5.74, 6) is -0.890. The van der Waals surface area contributed by atoms with Crippen LogP contribution in [0.5, 0.6) is 0 Å². The molecule has 0 bridgehead atoms. The highest BCUT2D eigenvalue weighted by Crippen LogP contribution is 2.17. The van der Waals surface area contributed by atoms with Crippen molar-refractivity contribution in [2.45, 2.75) is 26.3 Å². The van der Waals surface area contributed by atoms with Gasteiger partial charge in [0.15, 0.2) is 0 Å². The third-order valence-electron chi connectivity index (χ3n) is 2.35. The van der Waals surface area contributed by atoms with Gasteiger partial charge in [-0.25, -0.2) is 4.79 Å². The monoisotopic (exact) mass is 193 g/mol. The maximum Gasteiger partial charge on any atom is 0.335 e. The van der Waals surface area contributed by atoms with Gasteiger partial charge in [0.2, 0.25) is 0 Å². The van der Waals surface area contributed by atoms with E-state index in [2.05, 4.69) is 0 Å². The van der Waals surface area contributed by atoms with Crippen LogP contribution in [0.2, 0.25) is 0 Å². The molecule has 1 rings (SSSR count). The molecule has 14 heavy (non-hydrogen) atoms. The lowest BCUT2D eigenvalue weighted by Gasteiger charge is -2.10. The molecule has 0 spiro atoms. The highest BCUT2D eigenvalue weighted by molar-refractivity contribution is 5.89. The van der Waals surface area contributed by atoms with Crippen molar-refractivity contribution in [3.63, 3.8) is 0 Å². The zero-order valence-electron chi connectivity index (χ0n) is 8.45. The van der Waals surface area contributed by atoms with Crippen LogP contribution in [-0.4, -0.2) is 11.1 Å². The average Bonchev–Trinajstić information content (AvgIpc) is 2.15. The summed E-state index contributed by atoms with van der Waals surface area (Å²) in [6.07, 6.45) is 0.853. The minimum Gasteiger partial charge on any atom is -0.478 e. The number of benzene rings is 1. The Kier molecular flexibility index (Phi) is 3.25. The Hall–Kier alpha value is -1.35. The molecule has 1 atom stereocenters. The molecule has 1 aromatic rings. The van der Waals surface area contributed by atoms with Crippen LogP contribution < -0.4 is 5.73 Å². The molecular weight excluding hydrogens is 178 g/mol. The molecule has 0 aliphatic rings. The Labute approximate surface area is 83.6 Å². The second-order valence-corrected chi connectivity index (χ2v) is 3.39. The van der Waals surface area contributed by atoms with E-state index in [1.54, 1.807) is 19.1 Å². The third kappa shape index (κ3) is 2.12. The van der Waals surface area contributed by atoms with Gasteiger partial charge in [0, 0.05) is 6.04 Å². The van der Waals surface area contributed by atoms with E-state index in [1.165, 1.54) is 0 Å². The number of aryl methyl sites for hydroxylation is 1. The second-order valence-electron chi connectivity index (χ2n) is 3.39. The van der Waals surface area contributed by atoms with Crippen LogP contribution in [0.3, 0.4) is 0 Å². The number of carboxylic acids is 1. The lowest BCUT2D eigenvalue weighted by Crippen LogP contribution is -2.10. The summed E-state index contributed by atoms with van der Waals surface area (Å²) in [4.78, 5) is 10.7. The quantitative estimate of drug-likeness (QED) is 0.772. The number of nitrogens with two attached hydrogens (primary N) is 1. The summed E-state index contributed by atoms with van der Waals surface area (Å²) in [6, 6.07) is 5.24. The van der Waals surface area contributed by atoms with Crippen LogP contribution in [0.1, 0.15) is 40.9 Å². The van der Waals surface area contributed by atoms with E-state index in [-0.39, 0.29) is 6.04 Å². The van der Waals surface area contributed by atoms with Gasteiger partial charge in [-0.1, -0.05) is 19.1 Å². The highest BCUT2D eigenvalue weighted by Gasteiger charge is 2.09. The molecule has 0 unspecified atom stereocenters. The SMILES string of the molecule is CC[C@H](N)c1ccc(C(=O)O)c(C)c1. The van der Waals surface area contributed by atoms with Gasteiger partial charge in [-0.05, 0) is 30.5 Å². The minimum atomic E-state index is -0.890. The van der Waals surface area contributed by atoms with Gasteiger partial charge in [-0.3, -0.25) is 0 Å². The fourth-order valence-corrected chi connectivity index (χ4v) is 1.39. The lowest BCUT2D eigenvalue weighted by molar-refractivity contribution is 0.0696. The Morgan fingerprint density at radius 1 is 1.57 bits per heavy atom. The van der Waals surface area contributed by atoms with Crippen molar-refractivity contribution in [1.29, 1.82) is 0 Å². The number of rotatable bonds is 3. The maximum atomic E-state index is 10.7. The third-order valence-corrected chi connectivity index (χ3v) is 2.35. The van der Waals surface area contributed by atoms with Crippen molar-refractivity contribution in [1.82, 2.24) is 0 Å². The first-order valence-corrected chi connectivity index (χ1v) is 4.65. The Bertz CT molecular complexity index is 347. The number of hydrogen-bond acceptors (Lipinski definition) is 2. The zero-order chi connectivity index (χ0) is 10.7. The molecule has 0 aromatic heterocycles. The molecule has 0 heterocycles. The van der Waals surface area contributed by atoms with Crippen LogP contribution >= 0.6 is 0 Å². The molecule has 0 saturated carbocycles. The van der Waals surface area contributed by atoms with Crippen molar-refractivity contribution < 1.29 is 9.90 Å². The molecule has 76 valence electrons. The van der Waals surface area contributed by atoms with Gasteiger partial charge in [0.1, 0.15) is 0 Å². The van der Waals surface area contributed by atoms with Crippen molar-refractivity contribution in [3.8, 4) is 0 Å². The van der Waals surface area contributed by atoms with Gasteiger partial charge in [-0.15, -0.1) is 0 Å². The molecule has 0 amide bonds. The minimum absolute atomic E-state index is 0.00320. The standard InChI is InChI=1S/C11H15NO2/c1-3-10(12)8-4-5-9(11(13)14)7(2)6-8/h4-6,10H,3,12H2,1-2H3,(H,13,14)/t10-/m0/s1. The Morgan fingerprint density at radius 2 is 2.21 bits per heavy atom. The smallest absolute Gasteiger partial charge is 0.335 e. The summed E-state index contributed by atoms with van der Waals surface area (Å²) >= 11 is 0.